The van der Waals surface area contributed by atoms with Crippen LogP contribution in [0.1, 0.15) is 33.7 Å². The van der Waals surface area contributed by atoms with E-state index >= 15 is 0 Å². The van der Waals surface area contributed by atoms with Crippen molar-refractivity contribution in [3.05, 3.63) is 78.0 Å². The van der Waals surface area contributed by atoms with Gasteiger partial charge in [0.2, 0.25) is 10.0 Å². The highest BCUT2D eigenvalue weighted by Gasteiger charge is 2.21. The van der Waals surface area contributed by atoms with Gasteiger partial charge in [0, 0.05) is 20.6 Å². The van der Waals surface area contributed by atoms with Crippen molar-refractivity contribution in [1.29, 1.82) is 0 Å². The third-order valence-corrected chi connectivity index (χ3v) is 7.18. The topological polar surface area (TPSA) is 124 Å². The van der Waals surface area contributed by atoms with Gasteiger partial charge in [-0.3, -0.25) is 4.79 Å². The van der Waals surface area contributed by atoms with E-state index in [1.54, 1.807) is 36.4 Å². The Hall–Kier alpha value is -3.96. The molecule has 0 aliphatic rings. The molecule has 1 N–H and O–H groups in total. The summed E-state index contributed by atoms with van der Waals surface area (Å²) in [4.78, 5) is 29.8. The van der Waals surface area contributed by atoms with Gasteiger partial charge in [-0.05, 0) is 49.4 Å². The average Bonchev–Trinajstić information content (AvgIpc) is 3.50. The van der Waals surface area contributed by atoms with Crippen LogP contribution in [0, 0.1) is 0 Å². The Labute approximate surface area is 202 Å². The average molecular weight is 497 g/mol. The second-order valence-electron chi connectivity index (χ2n) is 7.76. The summed E-state index contributed by atoms with van der Waals surface area (Å²) in [6.45, 7) is 2.31. The SMILES string of the molecule is CCn1c(COC(=O)c2ccccc2NC(=O)c2ccco2)nc2cc(S(=O)(=O)N(C)C)ccc21. The number of hydrogen-bond acceptors (Lipinski definition) is 7. The summed E-state index contributed by atoms with van der Waals surface area (Å²) in [6.07, 6.45) is 1.38. The summed E-state index contributed by atoms with van der Waals surface area (Å²) in [5.41, 5.74) is 1.65. The molecule has 0 aliphatic carbocycles. The zero-order valence-corrected chi connectivity index (χ0v) is 20.2. The van der Waals surface area contributed by atoms with E-state index in [4.69, 9.17) is 9.15 Å². The van der Waals surface area contributed by atoms with E-state index in [0.717, 1.165) is 9.82 Å². The number of carbonyl (C=O) groups excluding carboxylic acids is 2. The molecule has 0 unspecified atom stereocenters. The van der Waals surface area contributed by atoms with Crippen LogP contribution >= 0.6 is 0 Å². The number of sulfonamides is 1. The number of furan rings is 1. The molecule has 0 saturated carbocycles. The lowest BCUT2D eigenvalue weighted by molar-refractivity contribution is 0.0460. The maximum absolute atomic E-state index is 12.9. The zero-order valence-electron chi connectivity index (χ0n) is 19.4. The molecule has 4 rings (SSSR count). The number of benzene rings is 2. The molecule has 4 aromatic rings. The molecule has 0 aliphatic heterocycles. The number of imidazole rings is 1. The highest BCUT2D eigenvalue weighted by atomic mass is 32.2. The first-order valence-corrected chi connectivity index (χ1v) is 12.2. The van der Waals surface area contributed by atoms with Crippen LogP contribution in [0.2, 0.25) is 0 Å². The van der Waals surface area contributed by atoms with Crippen molar-refractivity contribution in [1.82, 2.24) is 13.9 Å². The predicted octanol–water partition coefficient (Wildman–Crippen LogP) is 3.51. The molecule has 2 aromatic carbocycles. The highest BCUT2D eigenvalue weighted by molar-refractivity contribution is 7.89. The molecule has 11 heteroatoms. The van der Waals surface area contributed by atoms with Crippen LogP contribution in [-0.4, -0.2) is 48.2 Å². The van der Waals surface area contributed by atoms with Gasteiger partial charge in [-0.15, -0.1) is 0 Å². The number of fused-ring (bicyclic) bond motifs is 1. The van der Waals surface area contributed by atoms with Gasteiger partial charge in [0.25, 0.3) is 5.91 Å². The first-order chi connectivity index (χ1) is 16.7. The normalized spacial score (nSPS) is 11.7. The Balaban J connectivity index is 1.56. The van der Waals surface area contributed by atoms with Crippen LogP contribution in [0.4, 0.5) is 5.69 Å². The zero-order chi connectivity index (χ0) is 25.2. The number of hydrogen-bond donors (Lipinski definition) is 1. The van der Waals surface area contributed by atoms with Gasteiger partial charge in [-0.25, -0.2) is 22.5 Å². The third-order valence-electron chi connectivity index (χ3n) is 5.37. The molecule has 0 saturated heterocycles. The van der Waals surface area contributed by atoms with E-state index in [1.807, 2.05) is 11.5 Å². The number of anilines is 1. The van der Waals surface area contributed by atoms with E-state index < -0.39 is 21.9 Å². The Kier molecular flexibility index (Phi) is 6.72. The van der Waals surface area contributed by atoms with Crippen molar-refractivity contribution in [2.24, 2.45) is 0 Å². The lowest BCUT2D eigenvalue weighted by Crippen LogP contribution is -2.22. The molecular weight excluding hydrogens is 472 g/mol. The molecule has 0 bridgehead atoms. The molecule has 1 amide bonds. The smallest absolute Gasteiger partial charge is 0.340 e. The number of nitrogens with zero attached hydrogens (tertiary/aromatic N) is 3. The molecule has 0 spiro atoms. The summed E-state index contributed by atoms with van der Waals surface area (Å²) < 4.78 is 38.5. The second kappa shape index (κ2) is 9.72. The van der Waals surface area contributed by atoms with Crippen LogP contribution in [-0.2, 0) is 27.9 Å². The standard InChI is InChI=1S/C24H24N4O6S/c1-4-28-20-12-11-16(35(31,32)27(2)3)14-19(20)25-22(28)15-34-24(30)17-8-5-6-9-18(17)26-23(29)21-10-7-13-33-21/h5-14H,4,15H2,1-3H3,(H,26,29). The Morgan fingerprint density at radius 3 is 2.57 bits per heavy atom. The summed E-state index contributed by atoms with van der Waals surface area (Å²) in [5.74, 6) is -0.565. The number of esters is 1. The minimum atomic E-state index is -3.61. The quantitative estimate of drug-likeness (QED) is 0.370. The van der Waals surface area contributed by atoms with Crippen molar-refractivity contribution in [3.8, 4) is 0 Å². The fourth-order valence-corrected chi connectivity index (χ4v) is 4.49. The molecule has 0 fully saturated rings. The number of para-hydroxylation sites is 1. The van der Waals surface area contributed by atoms with E-state index in [1.165, 1.54) is 38.6 Å². The van der Waals surface area contributed by atoms with Gasteiger partial charge in [0.05, 0.1) is 33.4 Å². The minimum Gasteiger partial charge on any atom is -0.459 e. The van der Waals surface area contributed by atoms with Gasteiger partial charge in [-0.2, -0.15) is 0 Å². The van der Waals surface area contributed by atoms with Gasteiger partial charge < -0.3 is 19.0 Å². The van der Waals surface area contributed by atoms with Crippen LogP contribution < -0.4 is 5.32 Å². The number of rotatable bonds is 8. The molecule has 2 aromatic heterocycles. The molecule has 0 atom stereocenters. The molecule has 0 radical (unpaired) electrons. The largest absolute Gasteiger partial charge is 0.459 e. The molecular formula is C24H24N4O6S. The van der Waals surface area contributed by atoms with Crippen molar-refractivity contribution in [2.75, 3.05) is 19.4 Å². The highest BCUT2D eigenvalue weighted by Crippen LogP contribution is 2.23. The van der Waals surface area contributed by atoms with E-state index in [-0.39, 0.29) is 28.5 Å². The van der Waals surface area contributed by atoms with Gasteiger partial charge in [0.15, 0.2) is 5.76 Å². The fraction of sp³-hybridized carbons (Fsp3) is 0.208. The second-order valence-corrected chi connectivity index (χ2v) is 9.92. The number of aromatic nitrogens is 2. The van der Waals surface area contributed by atoms with Gasteiger partial charge in [0.1, 0.15) is 12.4 Å². The van der Waals surface area contributed by atoms with Gasteiger partial charge >= 0.3 is 5.97 Å². The van der Waals surface area contributed by atoms with E-state index in [0.29, 0.717) is 17.9 Å². The van der Waals surface area contributed by atoms with Crippen molar-refractivity contribution in [2.45, 2.75) is 25.0 Å². The van der Waals surface area contributed by atoms with Crippen LogP contribution in [0.25, 0.3) is 11.0 Å². The van der Waals surface area contributed by atoms with E-state index in [2.05, 4.69) is 10.3 Å². The Morgan fingerprint density at radius 2 is 1.89 bits per heavy atom. The summed E-state index contributed by atoms with van der Waals surface area (Å²) in [5, 5.41) is 2.65. The third kappa shape index (κ3) is 4.81. The summed E-state index contributed by atoms with van der Waals surface area (Å²) >= 11 is 0. The lowest BCUT2D eigenvalue weighted by Gasteiger charge is -2.11. The van der Waals surface area contributed by atoms with Gasteiger partial charge in [-0.1, -0.05) is 12.1 Å². The lowest BCUT2D eigenvalue weighted by atomic mass is 10.1. The summed E-state index contributed by atoms with van der Waals surface area (Å²) in [6, 6.07) is 14.3. The fourth-order valence-electron chi connectivity index (χ4n) is 3.56. The summed E-state index contributed by atoms with van der Waals surface area (Å²) in [7, 11) is -0.690. The Bertz CT molecular complexity index is 1490. The maximum Gasteiger partial charge on any atom is 0.340 e. The molecule has 10 nitrogen and oxygen atoms in total. The number of amides is 1. The Morgan fingerprint density at radius 1 is 1.11 bits per heavy atom. The number of carbonyl (C=O) groups is 2. The molecule has 2 heterocycles. The minimum absolute atomic E-state index is 0.112. The number of nitrogens with one attached hydrogen (secondary N) is 1. The molecule has 35 heavy (non-hydrogen) atoms. The first-order valence-electron chi connectivity index (χ1n) is 10.7. The van der Waals surface area contributed by atoms with Crippen molar-refractivity contribution < 1.29 is 27.2 Å². The van der Waals surface area contributed by atoms with Crippen LogP contribution in [0.5, 0.6) is 0 Å². The monoisotopic (exact) mass is 496 g/mol. The number of ether oxygens (including phenoxy) is 1. The van der Waals surface area contributed by atoms with Crippen LogP contribution in [0.3, 0.4) is 0 Å². The predicted molar refractivity (Wildman–Crippen MR) is 129 cm³/mol. The van der Waals surface area contributed by atoms with Crippen molar-refractivity contribution in [3.63, 3.8) is 0 Å². The molecule has 182 valence electrons. The van der Waals surface area contributed by atoms with E-state index in [9.17, 15) is 18.0 Å². The van der Waals surface area contributed by atoms with Crippen LogP contribution in [0.15, 0.2) is 70.2 Å². The number of aryl methyl sites for hydroxylation is 1. The maximum atomic E-state index is 12.9. The first kappa shape index (κ1) is 24.2. The van der Waals surface area contributed by atoms with Crippen molar-refractivity contribution >= 4 is 38.6 Å².